The maximum atomic E-state index is 11.7. The van der Waals surface area contributed by atoms with Gasteiger partial charge in [0, 0.05) is 5.02 Å². The highest BCUT2D eigenvalue weighted by Gasteiger charge is 2.53. The molecule has 0 radical (unpaired) electrons. The number of primary amides is 1. The first kappa shape index (κ1) is 14.3. The SMILES string of the molecule is NC(=O)N1C(=O)[C@H](CCc2cccc(Cl)c2)[C@H]1C(=O)O. The molecule has 1 aromatic carbocycles. The zero-order valence-corrected chi connectivity index (χ0v) is 11.2. The van der Waals surface area contributed by atoms with Crippen LogP contribution in [0.1, 0.15) is 12.0 Å². The maximum Gasteiger partial charge on any atom is 0.327 e. The Balaban J connectivity index is 2.04. The van der Waals surface area contributed by atoms with E-state index in [1.807, 2.05) is 6.07 Å². The third-order valence-corrected chi connectivity index (χ3v) is 3.57. The van der Waals surface area contributed by atoms with E-state index >= 15 is 0 Å². The predicted molar refractivity (Wildman–Crippen MR) is 71.1 cm³/mol. The van der Waals surface area contributed by atoms with E-state index in [9.17, 15) is 14.4 Å². The van der Waals surface area contributed by atoms with Gasteiger partial charge in [-0.3, -0.25) is 4.79 Å². The summed E-state index contributed by atoms with van der Waals surface area (Å²) in [4.78, 5) is 34.4. The molecule has 20 heavy (non-hydrogen) atoms. The number of hydrogen-bond acceptors (Lipinski definition) is 3. The van der Waals surface area contributed by atoms with Crippen LogP contribution in [0, 0.1) is 5.92 Å². The van der Waals surface area contributed by atoms with Crippen LogP contribution >= 0.6 is 11.6 Å². The van der Waals surface area contributed by atoms with Crippen molar-refractivity contribution in [3.8, 4) is 0 Å². The highest BCUT2D eigenvalue weighted by atomic mass is 35.5. The van der Waals surface area contributed by atoms with Gasteiger partial charge in [-0.2, -0.15) is 0 Å². The van der Waals surface area contributed by atoms with Crippen molar-refractivity contribution in [2.75, 3.05) is 0 Å². The number of hydrogen-bond donors (Lipinski definition) is 2. The summed E-state index contributed by atoms with van der Waals surface area (Å²) in [5.74, 6) is -2.48. The normalized spacial score (nSPS) is 21.4. The number of halogens is 1. The number of likely N-dealkylation sites (tertiary alicyclic amines) is 1. The molecule has 0 bridgehead atoms. The topological polar surface area (TPSA) is 101 Å². The number of carboxylic acids is 1. The van der Waals surface area contributed by atoms with Gasteiger partial charge in [0.25, 0.3) is 0 Å². The average molecular weight is 297 g/mol. The Kier molecular flexibility index (Phi) is 3.94. The Morgan fingerprint density at radius 2 is 2.10 bits per heavy atom. The fourth-order valence-electron chi connectivity index (χ4n) is 2.37. The summed E-state index contributed by atoms with van der Waals surface area (Å²) in [5, 5.41) is 9.64. The van der Waals surface area contributed by atoms with Gasteiger partial charge in [-0.25, -0.2) is 14.5 Å². The third-order valence-electron chi connectivity index (χ3n) is 3.34. The van der Waals surface area contributed by atoms with Crippen LogP contribution in [0.4, 0.5) is 4.79 Å². The van der Waals surface area contributed by atoms with Gasteiger partial charge in [0.15, 0.2) is 6.04 Å². The molecule has 6 nitrogen and oxygen atoms in total. The number of rotatable bonds is 4. The van der Waals surface area contributed by atoms with E-state index in [-0.39, 0.29) is 0 Å². The Morgan fingerprint density at radius 3 is 2.65 bits per heavy atom. The number of carboxylic acid groups (broad SMARTS) is 1. The fraction of sp³-hybridized carbons (Fsp3) is 0.308. The number of benzene rings is 1. The fourth-order valence-corrected chi connectivity index (χ4v) is 2.59. The highest BCUT2D eigenvalue weighted by Crippen LogP contribution is 2.31. The second-order valence-corrected chi connectivity index (χ2v) is 5.04. The summed E-state index contributed by atoms with van der Waals surface area (Å²) in [7, 11) is 0. The molecule has 2 atom stereocenters. The lowest BCUT2D eigenvalue weighted by Crippen LogP contribution is -2.67. The largest absolute Gasteiger partial charge is 0.480 e. The smallest absolute Gasteiger partial charge is 0.327 e. The maximum absolute atomic E-state index is 11.7. The van der Waals surface area contributed by atoms with Gasteiger partial charge in [0.1, 0.15) is 0 Å². The molecule has 3 N–H and O–H groups in total. The van der Waals surface area contributed by atoms with Crippen LogP contribution in [0.3, 0.4) is 0 Å². The van der Waals surface area contributed by atoms with Gasteiger partial charge in [0.05, 0.1) is 5.92 Å². The van der Waals surface area contributed by atoms with Gasteiger partial charge >= 0.3 is 12.0 Å². The molecule has 0 saturated carbocycles. The number of imide groups is 1. The molecule has 1 fully saturated rings. The van der Waals surface area contributed by atoms with Gasteiger partial charge in [-0.1, -0.05) is 23.7 Å². The minimum Gasteiger partial charge on any atom is -0.480 e. The average Bonchev–Trinajstić information content (AvgIpc) is 2.35. The van der Waals surface area contributed by atoms with Crippen molar-refractivity contribution in [1.82, 2.24) is 4.90 Å². The second-order valence-electron chi connectivity index (χ2n) is 4.60. The van der Waals surface area contributed by atoms with Crippen molar-refractivity contribution in [2.45, 2.75) is 18.9 Å². The minimum atomic E-state index is -1.22. The first-order valence-electron chi connectivity index (χ1n) is 6.01. The number of urea groups is 1. The molecule has 106 valence electrons. The number of amides is 3. The van der Waals surface area contributed by atoms with Gasteiger partial charge < -0.3 is 10.8 Å². The standard InChI is InChI=1S/C13H13ClN2O4/c14-8-3-1-2-7(6-8)4-5-9-10(12(18)19)16(11(9)17)13(15)20/h1-3,6,9-10H,4-5H2,(H2,15,20)(H,18,19)/t9-,10+/m1/s1. The molecule has 0 aliphatic carbocycles. The van der Waals surface area contributed by atoms with Gasteiger partial charge in [-0.05, 0) is 30.5 Å². The zero-order chi connectivity index (χ0) is 14.9. The van der Waals surface area contributed by atoms with Crippen LogP contribution in [0.15, 0.2) is 24.3 Å². The van der Waals surface area contributed by atoms with Crippen molar-refractivity contribution in [3.05, 3.63) is 34.9 Å². The van der Waals surface area contributed by atoms with Crippen LogP contribution < -0.4 is 5.73 Å². The van der Waals surface area contributed by atoms with Crippen LogP contribution in [-0.2, 0) is 16.0 Å². The van der Waals surface area contributed by atoms with Crippen molar-refractivity contribution in [1.29, 1.82) is 0 Å². The summed E-state index contributed by atoms with van der Waals surface area (Å²) >= 11 is 5.85. The molecule has 1 heterocycles. The highest BCUT2D eigenvalue weighted by molar-refractivity contribution is 6.30. The summed E-state index contributed by atoms with van der Waals surface area (Å²) in [6.45, 7) is 0. The number of β-lactam (4-membered cyclic amide) rings is 1. The van der Waals surface area contributed by atoms with Crippen LogP contribution in [0.25, 0.3) is 0 Å². The van der Waals surface area contributed by atoms with E-state index in [2.05, 4.69) is 0 Å². The van der Waals surface area contributed by atoms with E-state index in [1.54, 1.807) is 18.2 Å². The predicted octanol–water partition coefficient (Wildman–Crippen LogP) is 1.26. The summed E-state index contributed by atoms with van der Waals surface area (Å²) in [6, 6.07) is 4.92. The van der Waals surface area contributed by atoms with Crippen molar-refractivity contribution in [2.24, 2.45) is 11.7 Å². The van der Waals surface area contributed by atoms with Gasteiger partial charge in [0.2, 0.25) is 5.91 Å². The Labute approximate surface area is 120 Å². The number of nitrogens with two attached hydrogens (primary N) is 1. The molecule has 3 amide bonds. The van der Waals surface area contributed by atoms with Crippen molar-refractivity contribution >= 4 is 29.5 Å². The molecule has 1 saturated heterocycles. The minimum absolute atomic E-state index is 0.333. The second kappa shape index (κ2) is 5.50. The third kappa shape index (κ3) is 2.60. The molecule has 0 unspecified atom stereocenters. The molecule has 0 aromatic heterocycles. The molecule has 0 spiro atoms. The quantitative estimate of drug-likeness (QED) is 0.817. The van der Waals surface area contributed by atoms with E-state index in [0.717, 1.165) is 5.56 Å². The molecule has 1 aliphatic heterocycles. The number of aliphatic carboxylic acids is 1. The molecule has 7 heteroatoms. The van der Waals surface area contributed by atoms with Crippen LogP contribution in [0.2, 0.25) is 5.02 Å². The van der Waals surface area contributed by atoms with Gasteiger partial charge in [-0.15, -0.1) is 0 Å². The summed E-state index contributed by atoms with van der Waals surface area (Å²) in [6.07, 6.45) is 0.841. The number of nitrogens with zero attached hydrogens (tertiary/aromatic N) is 1. The lowest BCUT2D eigenvalue weighted by Gasteiger charge is -2.41. The molecular weight excluding hydrogens is 284 g/mol. The number of carbonyl (C=O) groups excluding carboxylic acids is 2. The number of aryl methyl sites for hydroxylation is 1. The van der Waals surface area contributed by atoms with Crippen LogP contribution in [-0.4, -0.2) is 34.0 Å². The molecular formula is C13H13ClN2O4. The Hall–Kier alpha value is -2.08. The lowest BCUT2D eigenvalue weighted by atomic mass is 9.83. The van der Waals surface area contributed by atoms with E-state index in [0.29, 0.717) is 22.8 Å². The first-order valence-corrected chi connectivity index (χ1v) is 6.39. The Bertz CT molecular complexity index is 575. The van der Waals surface area contributed by atoms with E-state index in [4.69, 9.17) is 22.4 Å². The molecule has 1 aliphatic rings. The molecule has 2 rings (SSSR count). The zero-order valence-electron chi connectivity index (χ0n) is 10.5. The summed E-state index contributed by atoms with van der Waals surface area (Å²) in [5.41, 5.74) is 5.90. The van der Waals surface area contributed by atoms with Crippen molar-refractivity contribution < 1.29 is 19.5 Å². The first-order chi connectivity index (χ1) is 9.41. The van der Waals surface area contributed by atoms with Crippen LogP contribution in [0.5, 0.6) is 0 Å². The van der Waals surface area contributed by atoms with E-state index < -0.39 is 29.9 Å². The summed E-state index contributed by atoms with van der Waals surface area (Å²) < 4.78 is 0. The van der Waals surface area contributed by atoms with E-state index in [1.165, 1.54) is 0 Å². The van der Waals surface area contributed by atoms with Crippen molar-refractivity contribution in [3.63, 3.8) is 0 Å². The lowest BCUT2D eigenvalue weighted by molar-refractivity contribution is -0.165. The number of carbonyl (C=O) groups is 3. The monoisotopic (exact) mass is 296 g/mol. The Morgan fingerprint density at radius 1 is 1.40 bits per heavy atom. The molecule has 1 aromatic rings.